The summed E-state index contributed by atoms with van der Waals surface area (Å²) in [5, 5.41) is 2.90. The minimum absolute atomic E-state index is 0.0221. The van der Waals surface area contributed by atoms with Crippen molar-refractivity contribution >= 4 is 11.8 Å². The predicted octanol–water partition coefficient (Wildman–Crippen LogP) is 2.68. The van der Waals surface area contributed by atoms with Gasteiger partial charge in [0.25, 0.3) is 0 Å². The summed E-state index contributed by atoms with van der Waals surface area (Å²) in [7, 11) is 0. The zero-order valence-corrected chi connectivity index (χ0v) is 14.6. The van der Waals surface area contributed by atoms with Crippen LogP contribution >= 0.6 is 0 Å². The van der Waals surface area contributed by atoms with Crippen LogP contribution in [0.15, 0.2) is 0 Å². The monoisotopic (exact) mass is 296 g/mol. The Labute approximate surface area is 129 Å². The zero-order valence-electron chi connectivity index (χ0n) is 14.6. The molecule has 1 fully saturated rings. The summed E-state index contributed by atoms with van der Waals surface area (Å²) < 4.78 is 0. The first-order chi connectivity index (χ1) is 9.70. The fourth-order valence-corrected chi connectivity index (χ4v) is 3.13. The number of nitrogens with zero attached hydrogens (tertiary/aromatic N) is 1. The van der Waals surface area contributed by atoms with Gasteiger partial charge in [0, 0.05) is 6.54 Å². The van der Waals surface area contributed by atoms with Gasteiger partial charge in [-0.1, -0.05) is 48.0 Å². The van der Waals surface area contributed by atoms with Crippen molar-refractivity contribution in [1.29, 1.82) is 0 Å². The Morgan fingerprint density at radius 2 is 1.62 bits per heavy atom. The van der Waals surface area contributed by atoms with Gasteiger partial charge in [-0.15, -0.1) is 0 Å². The van der Waals surface area contributed by atoms with Crippen LogP contribution in [-0.4, -0.2) is 35.3 Å². The number of nitrogens with one attached hydrogen (secondary N) is 1. The SMILES string of the molecule is CCC(C)C1NC(=O)C(C)N(CC(C(C)C)C(C)C)C1=O. The third-order valence-electron chi connectivity index (χ3n) is 5.03. The molecule has 1 heterocycles. The highest BCUT2D eigenvalue weighted by molar-refractivity contribution is 5.96. The van der Waals surface area contributed by atoms with Gasteiger partial charge in [0.2, 0.25) is 11.8 Å². The van der Waals surface area contributed by atoms with Crippen molar-refractivity contribution in [2.24, 2.45) is 23.7 Å². The van der Waals surface area contributed by atoms with Gasteiger partial charge in [0.05, 0.1) is 0 Å². The Kier molecular flexibility index (Phi) is 6.24. The van der Waals surface area contributed by atoms with E-state index in [1.807, 2.05) is 13.8 Å². The maximum Gasteiger partial charge on any atom is 0.246 e. The third kappa shape index (κ3) is 3.98. The van der Waals surface area contributed by atoms with Crippen LogP contribution in [-0.2, 0) is 9.59 Å². The Balaban J connectivity index is 2.96. The van der Waals surface area contributed by atoms with Gasteiger partial charge in [0.15, 0.2) is 0 Å². The summed E-state index contributed by atoms with van der Waals surface area (Å²) in [5.41, 5.74) is 0. The number of rotatable bonds is 6. The molecule has 4 heteroatoms. The summed E-state index contributed by atoms with van der Waals surface area (Å²) in [5.74, 6) is 1.65. The van der Waals surface area contributed by atoms with Gasteiger partial charge < -0.3 is 10.2 Å². The van der Waals surface area contributed by atoms with Crippen LogP contribution in [0.25, 0.3) is 0 Å². The molecule has 1 rings (SSSR count). The number of hydrogen-bond acceptors (Lipinski definition) is 2. The van der Waals surface area contributed by atoms with Gasteiger partial charge >= 0.3 is 0 Å². The first-order valence-corrected chi connectivity index (χ1v) is 8.31. The highest BCUT2D eigenvalue weighted by Gasteiger charge is 2.41. The average Bonchev–Trinajstić information content (AvgIpc) is 2.41. The van der Waals surface area contributed by atoms with E-state index in [2.05, 4.69) is 39.9 Å². The molecule has 3 unspecified atom stereocenters. The number of carbonyl (C=O) groups excluding carboxylic acids is 2. The fourth-order valence-electron chi connectivity index (χ4n) is 3.13. The molecule has 1 saturated heterocycles. The number of amides is 2. The largest absolute Gasteiger partial charge is 0.342 e. The first kappa shape index (κ1) is 18.0. The molecule has 0 aromatic carbocycles. The van der Waals surface area contributed by atoms with Crippen molar-refractivity contribution in [3.8, 4) is 0 Å². The molecule has 0 aromatic rings. The summed E-state index contributed by atoms with van der Waals surface area (Å²) in [6.07, 6.45) is 0.886. The normalized spacial score (nSPS) is 25.0. The van der Waals surface area contributed by atoms with E-state index in [-0.39, 0.29) is 29.8 Å². The molecule has 122 valence electrons. The van der Waals surface area contributed by atoms with Crippen LogP contribution in [0.5, 0.6) is 0 Å². The van der Waals surface area contributed by atoms with Gasteiger partial charge in [0.1, 0.15) is 12.1 Å². The standard InChI is InChI=1S/C17H32N2O2/c1-8-12(6)15-17(21)19(13(7)16(20)18-15)9-14(10(2)3)11(4)5/h10-15H,8-9H2,1-7H3,(H,18,20). The van der Waals surface area contributed by atoms with E-state index < -0.39 is 0 Å². The molecule has 0 radical (unpaired) electrons. The van der Waals surface area contributed by atoms with Crippen LogP contribution in [0.1, 0.15) is 54.9 Å². The summed E-state index contributed by atoms with van der Waals surface area (Å²) >= 11 is 0. The molecular formula is C17H32N2O2. The topological polar surface area (TPSA) is 49.4 Å². The second-order valence-corrected chi connectivity index (χ2v) is 7.19. The molecule has 0 aromatic heterocycles. The average molecular weight is 296 g/mol. The van der Waals surface area contributed by atoms with Gasteiger partial charge in [-0.3, -0.25) is 9.59 Å². The van der Waals surface area contributed by atoms with Crippen molar-refractivity contribution in [3.63, 3.8) is 0 Å². The van der Waals surface area contributed by atoms with Crippen LogP contribution < -0.4 is 5.32 Å². The lowest BCUT2D eigenvalue weighted by Crippen LogP contribution is -2.65. The molecule has 21 heavy (non-hydrogen) atoms. The molecule has 1 aliphatic rings. The van der Waals surface area contributed by atoms with Crippen molar-refractivity contribution < 1.29 is 9.59 Å². The van der Waals surface area contributed by atoms with Crippen molar-refractivity contribution in [2.45, 2.75) is 67.0 Å². The summed E-state index contributed by atoms with van der Waals surface area (Å²) in [4.78, 5) is 26.8. The third-order valence-corrected chi connectivity index (χ3v) is 5.03. The van der Waals surface area contributed by atoms with Crippen molar-refractivity contribution in [1.82, 2.24) is 10.2 Å². The minimum Gasteiger partial charge on any atom is -0.342 e. The Hall–Kier alpha value is -1.06. The summed E-state index contributed by atoms with van der Waals surface area (Å²) in [6, 6.07) is -0.725. The van der Waals surface area contributed by atoms with Crippen LogP contribution in [0.3, 0.4) is 0 Å². The van der Waals surface area contributed by atoms with Gasteiger partial charge in [-0.2, -0.15) is 0 Å². The lowest BCUT2D eigenvalue weighted by molar-refractivity contribution is -0.151. The smallest absolute Gasteiger partial charge is 0.246 e. The van der Waals surface area contributed by atoms with Crippen molar-refractivity contribution in [2.75, 3.05) is 6.54 Å². The highest BCUT2D eigenvalue weighted by Crippen LogP contribution is 2.25. The quantitative estimate of drug-likeness (QED) is 0.819. The Bertz CT molecular complexity index is 371. The highest BCUT2D eigenvalue weighted by atomic mass is 16.2. The Morgan fingerprint density at radius 1 is 1.10 bits per heavy atom. The first-order valence-electron chi connectivity index (χ1n) is 8.31. The van der Waals surface area contributed by atoms with Crippen LogP contribution in [0.4, 0.5) is 0 Å². The molecule has 0 bridgehead atoms. The molecule has 2 amide bonds. The molecule has 0 spiro atoms. The lowest BCUT2D eigenvalue weighted by Gasteiger charge is -2.42. The van der Waals surface area contributed by atoms with Gasteiger partial charge in [-0.25, -0.2) is 0 Å². The number of piperazine rings is 1. The Morgan fingerprint density at radius 3 is 2.05 bits per heavy atom. The maximum atomic E-state index is 12.8. The zero-order chi connectivity index (χ0) is 16.3. The molecular weight excluding hydrogens is 264 g/mol. The minimum atomic E-state index is -0.363. The van der Waals surface area contributed by atoms with E-state index in [1.54, 1.807) is 4.90 Å². The van der Waals surface area contributed by atoms with E-state index in [0.29, 0.717) is 24.3 Å². The second-order valence-electron chi connectivity index (χ2n) is 7.19. The molecule has 0 aliphatic carbocycles. The van der Waals surface area contributed by atoms with Crippen molar-refractivity contribution in [3.05, 3.63) is 0 Å². The van der Waals surface area contributed by atoms with Crippen LogP contribution in [0.2, 0.25) is 0 Å². The van der Waals surface area contributed by atoms with Gasteiger partial charge in [-0.05, 0) is 30.6 Å². The van der Waals surface area contributed by atoms with E-state index in [9.17, 15) is 9.59 Å². The lowest BCUT2D eigenvalue weighted by atomic mass is 9.84. The molecule has 1 N–H and O–H groups in total. The molecule has 4 nitrogen and oxygen atoms in total. The fraction of sp³-hybridized carbons (Fsp3) is 0.882. The summed E-state index contributed by atoms with van der Waals surface area (Å²) in [6.45, 7) is 15.3. The van der Waals surface area contributed by atoms with E-state index in [4.69, 9.17) is 0 Å². The second kappa shape index (κ2) is 7.28. The maximum absolute atomic E-state index is 12.8. The van der Waals surface area contributed by atoms with E-state index in [1.165, 1.54) is 0 Å². The molecule has 3 atom stereocenters. The number of carbonyl (C=O) groups is 2. The molecule has 1 aliphatic heterocycles. The molecule has 0 saturated carbocycles. The predicted molar refractivity (Wildman–Crippen MR) is 85.7 cm³/mol. The number of hydrogen-bond donors (Lipinski definition) is 1. The van der Waals surface area contributed by atoms with E-state index >= 15 is 0 Å². The van der Waals surface area contributed by atoms with Crippen LogP contribution in [0, 0.1) is 23.7 Å². The van der Waals surface area contributed by atoms with E-state index in [0.717, 1.165) is 6.42 Å².